The molecule has 2 nitrogen and oxygen atoms in total. The Morgan fingerprint density at radius 1 is 1.21 bits per heavy atom. The van der Waals surface area contributed by atoms with Crippen LogP contribution in [0.3, 0.4) is 0 Å². The molecular formula is C15H22F2N2. The van der Waals surface area contributed by atoms with E-state index in [9.17, 15) is 8.78 Å². The second kappa shape index (κ2) is 6.44. The average molecular weight is 268 g/mol. The monoisotopic (exact) mass is 268 g/mol. The molecule has 1 saturated heterocycles. The molecule has 2 rings (SSSR count). The lowest BCUT2D eigenvalue weighted by Crippen LogP contribution is -2.56. The predicted molar refractivity (Wildman–Crippen MR) is 73.6 cm³/mol. The molecule has 1 aliphatic rings. The second-order valence-electron chi connectivity index (χ2n) is 5.28. The van der Waals surface area contributed by atoms with Gasteiger partial charge < -0.3 is 10.2 Å². The van der Waals surface area contributed by atoms with Gasteiger partial charge in [-0.15, -0.1) is 0 Å². The first-order valence-corrected chi connectivity index (χ1v) is 6.90. The first-order valence-electron chi connectivity index (χ1n) is 6.90. The molecule has 19 heavy (non-hydrogen) atoms. The molecule has 106 valence electrons. The lowest BCUT2D eigenvalue weighted by atomic mass is 9.88. The number of nitrogens with one attached hydrogen (secondary N) is 1. The minimum Gasteiger partial charge on any atom is -0.309 e. The van der Waals surface area contributed by atoms with Gasteiger partial charge in [0.05, 0.1) is 5.54 Å². The van der Waals surface area contributed by atoms with E-state index in [1.807, 2.05) is 18.2 Å². The Hall–Kier alpha value is -1.00. The molecule has 0 radical (unpaired) electrons. The summed E-state index contributed by atoms with van der Waals surface area (Å²) in [5, 5.41) is 2.83. The van der Waals surface area contributed by atoms with E-state index < -0.39 is 12.0 Å². The molecule has 0 atom stereocenters. The zero-order valence-electron chi connectivity index (χ0n) is 11.4. The number of likely N-dealkylation sites (tertiary alicyclic amines) is 1. The molecule has 4 heteroatoms. The van der Waals surface area contributed by atoms with Gasteiger partial charge in [0.2, 0.25) is 0 Å². The maximum absolute atomic E-state index is 13.1. The highest BCUT2D eigenvalue weighted by atomic mass is 19.3. The summed E-state index contributed by atoms with van der Waals surface area (Å²) < 4.78 is 26.1. The van der Waals surface area contributed by atoms with Crippen LogP contribution in [-0.4, -0.2) is 43.5 Å². The lowest BCUT2D eigenvalue weighted by molar-refractivity contribution is -0.00651. The predicted octanol–water partition coefficient (Wildman–Crippen LogP) is 2.55. The van der Waals surface area contributed by atoms with Gasteiger partial charge in [-0.3, -0.25) is 0 Å². The number of hydrogen-bond acceptors (Lipinski definition) is 2. The fraction of sp³-hybridized carbons (Fsp3) is 0.600. The Bertz CT molecular complexity index is 373. The molecule has 0 aliphatic carbocycles. The average Bonchev–Trinajstić information content (AvgIpc) is 2.46. The third kappa shape index (κ3) is 3.51. The van der Waals surface area contributed by atoms with Crippen LogP contribution in [0, 0.1) is 0 Å². The normalized spacial score (nSPS) is 19.8. The molecule has 1 aromatic rings. The zero-order chi connectivity index (χ0) is 13.7. The molecule has 0 unspecified atom stereocenters. The Labute approximate surface area is 113 Å². The van der Waals surface area contributed by atoms with Crippen LogP contribution in [0.25, 0.3) is 0 Å². The molecule has 1 N–H and O–H groups in total. The van der Waals surface area contributed by atoms with Gasteiger partial charge >= 0.3 is 0 Å². The lowest BCUT2D eigenvalue weighted by Gasteiger charge is -2.41. The van der Waals surface area contributed by atoms with Crippen LogP contribution in [-0.2, 0) is 6.42 Å². The number of rotatable bonds is 5. The van der Waals surface area contributed by atoms with E-state index in [4.69, 9.17) is 0 Å². The van der Waals surface area contributed by atoms with Gasteiger partial charge in [0.1, 0.15) is 0 Å². The smallest absolute Gasteiger partial charge is 0.256 e. The summed E-state index contributed by atoms with van der Waals surface area (Å²) in [5.74, 6) is 0. The number of alkyl halides is 2. The van der Waals surface area contributed by atoms with Crippen molar-refractivity contribution in [3.8, 4) is 0 Å². The van der Waals surface area contributed by atoms with E-state index in [0.29, 0.717) is 12.8 Å². The van der Waals surface area contributed by atoms with Crippen molar-refractivity contribution in [2.45, 2.75) is 31.2 Å². The fourth-order valence-corrected chi connectivity index (χ4v) is 2.68. The summed E-state index contributed by atoms with van der Waals surface area (Å²) >= 11 is 0. The SMILES string of the molecule is CNC1(C(F)F)CCN(CCc2ccccc2)CC1. The number of piperidine rings is 1. The highest BCUT2D eigenvalue weighted by Crippen LogP contribution is 2.28. The van der Waals surface area contributed by atoms with E-state index in [1.54, 1.807) is 7.05 Å². The Morgan fingerprint density at radius 2 is 1.84 bits per heavy atom. The molecule has 1 aromatic carbocycles. The third-order valence-corrected chi connectivity index (χ3v) is 4.22. The van der Waals surface area contributed by atoms with Gasteiger partial charge in [-0.05, 0) is 31.9 Å². The van der Waals surface area contributed by atoms with E-state index in [2.05, 4.69) is 22.3 Å². The molecule has 0 amide bonds. The highest BCUT2D eigenvalue weighted by molar-refractivity contribution is 5.14. The van der Waals surface area contributed by atoms with Crippen molar-refractivity contribution in [1.82, 2.24) is 10.2 Å². The van der Waals surface area contributed by atoms with E-state index in [1.165, 1.54) is 5.56 Å². The maximum atomic E-state index is 13.1. The summed E-state index contributed by atoms with van der Waals surface area (Å²) in [6.07, 6.45) is -0.248. The summed E-state index contributed by atoms with van der Waals surface area (Å²) in [4.78, 5) is 2.28. The summed E-state index contributed by atoms with van der Waals surface area (Å²) in [5.41, 5.74) is 0.338. The molecule has 1 aliphatic heterocycles. The van der Waals surface area contributed by atoms with Crippen LogP contribution in [0.5, 0.6) is 0 Å². The van der Waals surface area contributed by atoms with Crippen LogP contribution in [0.2, 0.25) is 0 Å². The quantitative estimate of drug-likeness (QED) is 0.883. The van der Waals surface area contributed by atoms with Gasteiger partial charge in [0.25, 0.3) is 6.43 Å². The van der Waals surface area contributed by atoms with Crippen molar-refractivity contribution in [1.29, 1.82) is 0 Å². The first-order chi connectivity index (χ1) is 9.16. The molecule has 0 saturated carbocycles. The summed E-state index contributed by atoms with van der Waals surface area (Å²) in [6, 6.07) is 10.3. The van der Waals surface area contributed by atoms with Crippen molar-refractivity contribution < 1.29 is 8.78 Å². The second-order valence-corrected chi connectivity index (χ2v) is 5.28. The minimum atomic E-state index is -2.28. The van der Waals surface area contributed by atoms with Crippen LogP contribution in [0.1, 0.15) is 18.4 Å². The van der Waals surface area contributed by atoms with Crippen molar-refractivity contribution in [3.05, 3.63) is 35.9 Å². The van der Waals surface area contributed by atoms with Crippen molar-refractivity contribution in [2.24, 2.45) is 0 Å². The maximum Gasteiger partial charge on any atom is 0.256 e. The van der Waals surface area contributed by atoms with Crippen molar-refractivity contribution in [3.63, 3.8) is 0 Å². The highest BCUT2D eigenvalue weighted by Gasteiger charge is 2.40. The Balaban J connectivity index is 1.80. The molecule has 0 bridgehead atoms. The zero-order valence-corrected chi connectivity index (χ0v) is 11.4. The van der Waals surface area contributed by atoms with E-state index >= 15 is 0 Å². The molecule has 1 fully saturated rings. The molecule has 0 spiro atoms. The van der Waals surface area contributed by atoms with Gasteiger partial charge in [-0.25, -0.2) is 8.78 Å². The summed E-state index contributed by atoms with van der Waals surface area (Å²) in [7, 11) is 1.64. The number of benzene rings is 1. The first kappa shape index (κ1) is 14.4. The molecule has 0 aromatic heterocycles. The van der Waals surface area contributed by atoms with Crippen LogP contribution in [0.4, 0.5) is 8.78 Å². The molecular weight excluding hydrogens is 246 g/mol. The molecule has 1 heterocycles. The standard InChI is InChI=1S/C15H22F2N2/c1-18-15(14(16)17)8-11-19(12-9-15)10-7-13-5-3-2-4-6-13/h2-6,14,18H,7-12H2,1H3. The topological polar surface area (TPSA) is 15.3 Å². The number of halogens is 2. The van der Waals surface area contributed by atoms with Crippen molar-refractivity contribution in [2.75, 3.05) is 26.7 Å². The minimum absolute atomic E-state index is 0.524. The van der Waals surface area contributed by atoms with Gasteiger partial charge in [0.15, 0.2) is 0 Å². The van der Waals surface area contributed by atoms with Gasteiger partial charge in [-0.1, -0.05) is 30.3 Å². The Kier molecular flexibility index (Phi) is 4.88. The van der Waals surface area contributed by atoms with Crippen LogP contribution in [0.15, 0.2) is 30.3 Å². The van der Waals surface area contributed by atoms with E-state index in [0.717, 1.165) is 26.1 Å². The fourth-order valence-electron chi connectivity index (χ4n) is 2.68. The number of hydrogen-bond donors (Lipinski definition) is 1. The Morgan fingerprint density at radius 3 is 2.37 bits per heavy atom. The van der Waals surface area contributed by atoms with E-state index in [-0.39, 0.29) is 0 Å². The largest absolute Gasteiger partial charge is 0.309 e. The van der Waals surface area contributed by atoms with Crippen molar-refractivity contribution >= 4 is 0 Å². The van der Waals surface area contributed by atoms with Crippen LogP contribution >= 0.6 is 0 Å². The van der Waals surface area contributed by atoms with Gasteiger partial charge in [0, 0.05) is 19.6 Å². The summed E-state index contributed by atoms with van der Waals surface area (Å²) in [6.45, 7) is 2.45. The van der Waals surface area contributed by atoms with Gasteiger partial charge in [-0.2, -0.15) is 0 Å². The number of nitrogens with zero attached hydrogens (tertiary/aromatic N) is 1. The third-order valence-electron chi connectivity index (χ3n) is 4.22. The van der Waals surface area contributed by atoms with Crippen LogP contribution < -0.4 is 5.32 Å².